The third kappa shape index (κ3) is 12.2. The van der Waals surface area contributed by atoms with E-state index in [-0.39, 0.29) is 5.75 Å². The molecule has 0 saturated heterocycles. The van der Waals surface area contributed by atoms with E-state index < -0.39 is 0 Å². The van der Waals surface area contributed by atoms with Gasteiger partial charge in [0.1, 0.15) is 11.5 Å². The SMILES string of the molecule is CC(C)CCCCCCCCCCCCCCCc1cc(O)ccc1O. The van der Waals surface area contributed by atoms with E-state index in [9.17, 15) is 10.2 Å². The minimum atomic E-state index is 0.244. The monoisotopic (exact) mass is 362 g/mol. The Kier molecular flexibility index (Phi) is 13.1. The maximum Gasteiger partial charge on any atom is 0.119 e. The summed E-state index contributed by atoms with van der Waals surface area (Å²) in [7, 11) is 0. The van der Waals surface area contributed by atoms with Crippen LogP contribution in [0.3, 0.4) is 0 Å². The minimum Gasteiger partial charge on any atom is -0.508 e. The second-order valence-electron chi connectivity index (χ2n) is 8.34. The summed E-state index contributed by atoms with van der Waals surface area (Å²) in [6, 6.07) is 4.79. The Morgan fingerprint density at radius 2 is 1.12 bits per heavy atom. The van der Waals surface area contributed by atoms with Crippen LogP contribution >= 0.6 is 0 Å². The van der Waals surface area contributed by atoms with Gasteiger partial charge in [-0.2, -0.15) is 0 Å². The van der Waals surface area contributed by atoms with Crippen molar-refractivity contribution in [2.75, 3.05) is 0 Å². The van der Waals surface area contributed by atoms with Crippen LogP contribution in [0.5, 0.6) is 11.5 Å². The summed E-state index contributed by atoms with van der Waals surface area (Å²) in [4.78, 5) is 0. The lowest BCUT2D eigenvalue weighted by Crippen LogP contribution is -1.88. The number of aryl methyl sites for hydroxylation is 1. The molecule has 26 heavy (non-hydrogen) atoms. The number of hydrogen-bond acceptors (Lipinski definition) is 2. The van der Waals surface area contributed by atoms with Gasteiger partial charge < -0.3 is 10.2 Å². The molecule has 1 aromatic carbocycles. The van der Waals surface area contributed by atoms with Crippen LogP contribution in [0.15, 0.2) is 18.2 Å². The van der Waals surface area contributed by atoms with Gasteiger partial charge in [-0.05, 0) is 42.5 Å². The van der Waals surface area contributed by atoms with Gasteiger partial charge in [0, 0.05) is 0 Å². The number of hydrogen-bond donors (Lipinski definition) is 2. The summed E-state index contributed by atoms with van der Waals surface area (Å²) in [5.74, 6) is 1.42. The van der Waals surface area contributed by atoms with E-state index in [4.69, 9.17) is 0 Å². The maximum atomic E-state index is 9.75. The normalized spacial score (nSPS) is 11.3. The van der Waals surface area contributed by atoms with Crippen molar-refractivity contribution in [3.63, 3.8) is 0 Å². The van der Waals surface area contributed by atoms with Gasteiger partial charge in [-0.25, -0.2) is 0 Å². The Balaban J connectivity index is 1.82. The number of rotatable bonds is 16. The fourth-order valence-corrected chi connectivity index (χ4v) is 3.58. The highest BCUT2D eigenvalue weighted by molar-refractivity contribution is 5.38. The molecule has 0 radical (unpaired) electrons. The number of benzene rings is 1. The van der Waals surface area contributed by atoms with Crippen molar-refractivity contribution >= 4 is 0 Å². The molecule has 1 rings (SSSR count). The van der Waals surface area contributed by atoms with Gasteiger partial charge in [0.05, 0.1) is 0 Å². The third-order valence-electron chi connectivity index (χ3n) is 5.29. The van der Waals surface area contributed by atoms with Gasteiger partial charge in [-0.1, -0.05) is 97.3 Å². The summed E-state index contributed by atoms with van der Waals surface area (Å²) >= 11 is 0. The lowest BCUT2D eigenvalue weighted by molar-refractivity contribution is 0.452. The lowest BCUT2D eigenvalue weighted by Gasteiger charge is -2.06. The van der Waals surface area contributed by atoms with Crippen LogP contribution < -0.4 is 0 Å². The molecule has 150 valence electrons. The van der Waals surface area contributed by atoms with Gasteiger partial charge in [0.15, 0.2) is 0 Å². The first-order valence-corrected chi connectivity index (χ1v) is 11.1. The average molecular weight is 363 g/mol. The van der Waals surface area contributed by atoms with Crippen LogP contribution in [0.25, 0.3) is 0 Å². The summed E-state index contributed by atoms with van der Waals surface area (Å²) in [5, 5.41) is 19.2. The zero-order chi connectivity index (χ0) is 19.0. The zero-order valence-corrected chi connectivity index (χ0v) is 17.3. The first-order valence-electron chi connectivity index (χ1n) is 11.1. The van der Waals surface area contributed by atoms with E-state index in [0.29, 0.717) is 5.75 Å². The fourth-order valence-electron chi connectivity index (χ4n) is 3.58. The van der Waals surface area contributed by atoms with E-state index in [2.05, 4.69) is 13.8 Å². The molecule has 2 nitrogen and oxygen atoms in total. The molecule has 2 heteroatoms. The first-order chi connectivity index (χ1) is 12.6. The topological polar surface area (TPSA) is 40.5 Å². The molecular formula is C24H42O2. The predicted octanol–water partition coefficient (Wildman–Crippen LogP) is 7.76. The van der Waals surface area contributed by atoms with Crippen molar-refractivity contribution in [3.8, 4) is 11.5 Å². The van der Waals surface area contributed by atoms with E-state index >= 15 is 0 Å². The smallest absolute Gasteiger partial charge is 0.119 e. The van der Waals surface area contributed by atoms with Crippen LogP contribution in [0.4, 0.5) is 0 Å². The number of aromatic hydroxyl groups is 2. The van der Waals surface area contributed by atoms with E-state index in [1.165, 1.54) is 89.5 Å². The van der Waals surface area contributed by atoms with E-state index in [1.807, 2.05) is 0 Å². The molecule has 2 N–H and O–H groups in total. The first kappa shape index (κ1) is 22.9. The molecule has 0 heterocycles. The summed E-state index contributed by atoms with van der Waals surface area (Å²) in [5.41, 5.74) is 0.870. The molecule has 0 fully saturated rings. The molecule has 0 saturated carbocycles. The van der Waals surface area contributed by atoms with Crippen molar-refractivity contribution in [3.05, 3.63) is 23.8 Å². The fraction of sp³-hybridized carbons (Fsp3) is 0.750. The van der Waals surface area contributed by atoms with Crippen LogP contribution in [0, 0.1) is 5.92 Å². The Labute approximate surface area is 162 Å². The van der Waals surface area contributed by atoms with Crippen molar-refractivity contribution in [1.29, 1.82) is 0 Å². The van der Waals surface area contributed by atoms with Crippen LogP contribution in [0.1, 0.15) is 109 Å². The maximum absolute atomic E-state index is 9.75. The second-order valence-corrected chi connectivity index (χ2v) is 8.34. The zero-order valence-electron chi connectivity index (χ0n) is 17.3. The van der Waals surface area contributed by atoms with Crippen LogP contribution in [-0.2, 0) is 6.42 Å². The average Bonchev–Trinajstić information content (AvgIpc) is 2.61. The molecule has 0 unspecified atom stereocenters. The summed E-state index contributed by atoms with van der Waals surface area (Å²) < 4.78 is 0. The second kappa shape index (κ2) is 14.9. The number of unbranched alkanes of at least 4 members (excludes halogenated alkanes) is 12. The molecule has 0 aliphatic rings. The number of phenolic OH excluding ortho intramolecular Hbond substituents is 2. The van der Waals surface area contributed by atoms with Gasteiger partial charge in [0.2, 0.25) is 0 Å². The minimum absolute atomic E-state index is 0.244. The molecule has 0 aliphatic heterocycles. The van der Waals surface area contributed by atoms with Crippen molar-refractivity contribution < 1.29 is 10.2 Å². The standard InChI is InChI=1S/C24H42O2/c1-21(2)16-14-12-10-8-6-4-3-5-7-9-11-13-15-17-22-20-23(25)18-19-24(22)26/h18-21,25-26H,3-17H2,1-2H3. The lowest BCUT2D eigenvalue weighted by atomic mass is 10.0. The van der Waals surface area contributed by atoms with Crippen LogP contribution in [-0.4, -0.2) is 10.2 Å². The van der Waals surface area contributed by atoms with E-state index in [0.717, 1.165) is 24.3 Å². The Morgan fingerprint density at radius 3 is 1.62 bits per heavy atom. The predicted molar refractivity (Wildman–Crippen MR) is 113 cm³/mol. The Morgan fingerprint density at radius 1 is 0.654 bits per heavy atom. The third-order valence-corrected chi connectivity index (χ3v) is 5.29. The molecule has 0 aromatic heterocycles. The summed E-state index contributed by atoms with van der Waals surface area (Å²) in [6.07, 6.45) is 19.9. The van der Waals surface area contributed by atoms with Gasteiger partial charge in [-0.3, -0.25) is 0 Å². The van der Waals surface area contributed by atoms with Crippen molar-refractivity contribution in [2.45, 2.75) is 110 Å². The largest absolute Gasteiger partial charge is 0.508 e. The molecular weight excluding hydrogens is 320 g/mol. The van der Waals surface area contributed by atoms with Crippen molar-refractivity contribution in [2.24, 2.45) is 5.92 Å². The summed E-state index contributed by atoms with van der Waals surface area (Å²) in [6.45, 7) is 4.64. The number of phenols is 2. The molecule has 0 atom stereocenters. The highest BCUT2D eigenvalue weighted by Gasteiger charge is 2.02. The molecule has 1 aromatic rings. The van der Waals surface area contributed by atoms with Gasteiger partial charge >= 0.3 is 0 Å². The van der Waals surface area contributed by atoms with Gasteiger partial charge in [0.25, 0.3) is 0 Å². The van der Waals surface area contributed by atoms with Crippen molar-refractivity contribution in [1.82, 2.24) is 0 Å². The molecule has 0 bridgehead atoms. The Hall–Kier alpha value is -1.18. The highest BCUT2D eigenvalue weighted by Crippen LogP contribution is 2.24. The van der Waals surface area contributed by atoms with Crippen LogP contribution in [0.2, 0.25) is 0 Å². The quantitative estimate of drug-likeness (QED) is 0.233. The van der Waals surface area contributed by atoms with Gasteiger partial charge in [-0.15, -0.1) is 0 Å². The Bertz CT molecular complexity index is 454. The molecule has 0 spiro atoms. The molecule has 0 aliphatic carbocycles. The van der Waals surface area contributed by atoms with E-state index in [1.54, 1.807) is 12.1 Å². The highest BCUT2D eigenvalue weighted by atomic mass is 16.3. The molecule has 0 amide bonds.